The van der Waals surface area contributed by atoms with Crippen molar-refractivity contribution in [1.82, 2.24) is 34.6 Å². The number of imidazole rings is 1. The minimum absolute atomic E-state index is 0.257. The maximum Gasteiger partial charge on any atom is 0.349 e. The van der Waals surface area contributed by atoms with Crippen LogP contribution in [0.25, 0.3) is 22.1 Å². The number of aromatic amines is 1. The molecule has 30 heavy (non-hydrogen) atoms. The molecule has 2 N–H and O–H groups in total. The number of hydrogen-bond acceptors (Lipinski definition) is 7. The Morgan fingerprint density at radius 3 is 2.90 bits per heavy atom. The molecule has 0 radical (unpaired) electrons. The van der Waals surface area contributed by atoms with Gasteiger partial charge in [0.1, 0.15) is 5.52 Å². The maximum absolute atomic E-state index is 11.7. The summed E-state index contributed by atoms with van der Waals surface area (Å²) in [5.41, 5.74) is 3.79. The molecule has 5 aromatic rings. The van der Waals surface area contributed by atoms with Gasteiger partial charge in [-0.3, -0.25) is 9.97 Å². The Morgan fingerprint density at radius 2 is 2.07 bits per heavy atom. The van der Waals surface area contributed by atoms with Crippen LogP contribution >= 0.6 is 0 Å². The van der Waals surface area contributed by atoms with Crippen LogP contribution in [-0.2, 0) is 6.54 Å². The molecule has 0 saturated carbocycles. The molecule has 4 heterocycles. The van der Waals surface area contributed by atoms with Crippen LogP contribution in [0, 0.1) is 0 Å². The number of nitrogens with zero attached hydrogens (tertiary/aromatic N) is 7. The first kappa shape index (κ1) is 17.7. The van der Waals surface area contributed by atoms with Crippen LogP contribution in [-0.4, -0.2) is 45.4 Å². The number of aromatic nitrogens is 7. The number of hydrogen-bond donors (Lipinski definition) is 2. The summed E-state index contributed by atoms with van der Waals surface area (Å²) in [6.07, 6.45) is 2.97. The molecule has 1 aromatic carbocycles. The molecular weight excluding hydrogens is 384 g/mol. The zero-order valence-corrected chi connectivity index (χ0v) is 15.9. The second-order valence-electron chi connectivity index (χ2n) is 6.79. The Labute approximate surface area is 169 Å². The Bertz CT molecular complexity index is 1480. The van der Waals surface area contributed by atoms with E-state index < -0.39 is 5.69 Å². The summed E-state index contributed by atoms with van der Waals surface area (Å²) >= 11 is 0. The lowest BCUT2D eigenvalue weighted by molar-refractivity contribution is 0.455. The van der Waals surface area contributed by atoms with Gasteiger partial charge >= 0.3 is 5.69 Å². The first-order valence-electron chi connectivity index (χ1n) is 9.17. The van der Waals surface area contributed by atoms with Gasteiger partial charge in [0.05, 0.1) is 29.7 Å². The number of rotatable bonds is 4. The van der Waals surface area contributed by atoms with Gasteiger partial charge in [-0.25, -0.2) is 14.5 Å². The fourth-order valence-electron chi connectivity index (χ4n) is 3.22. The first-order valence-corrected chi connectivity index (χ1v) is 9.17. The summed E-state index contributed by atoms with van der Waals surface area (Å²) < 4.78 is 2.74. The SMILES string of the molecule is CC(=Nn1cc(O)[nH]c1=O)c1ccc2nnn(Cc3ccc4ncccc4c3)c2n1. The highest BCUT2D eigenvalue weighted by Gasteiger charge is 2.11. The van der Waals surface area contributed by atoms with Crippen LogP contribution in [0.1, 0.15) is 18.2 Å². The summed E-state index contributed by atoms with van der Waals surface area (Å²) in [5, 5.41) is 23.1. The van der Waals surface area contributed by atoms with E-state index >= 15 is 0 Å². The zero-order chi connectivity index (χ0) is 20.7. The zero-order valence-electron chi connectivity index (χ0n) is 15.9. The minimum atomic E-state index is -0.537. The number of nitrogens with one attached hydrogen (secondary N) is 1. The van der Waals surface area contributed by atoms with Crippen molar-refractivity contribution in [2.75, 3.05) is 0 Å². The van der Waals surface area contributed by atoms with Crippen molar-refractivity contribution in [1.29, 1.82) is 0 Å². The molecular formula is C20H16N8O2. The predicted octanol–water partition coefficient (Wildman–Crippen LogP) is 1.89. The minimum Gasteiger partial charge on any atom is -0.493 e. The molecule has 0 aliphatic carbocycles. The average Bonchev–Trinajstić information content (AvgIpc) is 3.29. The monoisotopic (exact) mass is 400 g/mol. The molecule has 0 spiro atoms. The molecule has 0 aliphatic rings. The van der Waals surface area contributed by atoms with Gasteiger partial charge in [-0.1, -0.05) is 17.3 Å². The van der Waals surface area contributed by atoms with Gasteiger partial charge in [0.2, 0.25) is 5.88 Å². The van der Waals surface area contributed by atoms with Crippen LogP contribution in [0.5, 0.6) is 5.88 Å². The summed E-state index contributed by atoms with van der Waals surface area (Å²) in [5.74, 6) is -0.257. The van der Waals surface area contributed by atoms with Crippen molar-refractivity contribution in [3.8, 4) is 5.88 Å². The molecule has 0 atom stereocenters. The van der Waals surface area contributed by atoms with Gasteiger partial charge in [0.15, 0.2) is 5.65 Å². The van der Waals surface area contributed by atoms with Gasteiger partial charge in [0, 0.05) is 11.6 Å². The van der Waals surface area contributed by atoms with Crippen LogP contribution in [0.3, 0.4) is 0 Å². The van der Waals surface area contributed by atoms with E-state index in [0.29, 0.717) is 29.1 Å². The molecule has 148 valence electrons. The van der Waals surface area contributed by atoms with E-state index in [4.69, 9.17) is 0 Å². The lowest BCUT2D eigenvalue weighted by Crippen LogP contribution is -2.14. The van der Waals surface area contributed by atoms with Crippen LogP contribution in [0.2, 0.25) is 0 Å². The van der Waals surface area contributed by atoms with Crippen molar-refractivity contribution in [3.63, 3.8) is 0 Å². The molecule has 0 fully saturated rings. The molecule has 10 heteroatoms. The number of pyridine rings is 2. The third kappa shape index (κ3) is 3.20. The second kappa shape index (κ2) is 6.92. The van der Waals surface area contributed by atoms with Gasteiger partial charge in [-0.15, -0.1) is 5.10 Å². The topological polar surface area (TPSA) is 127 Å². The summed E-state index contributed by atoms with van der Waals surface area (Å²) in [6, 6.07) is 13.5. The molecule has 5 rings (SSSR count). The van der Waals surface area contributed by atoms with Gasteiger partial charge < -0.3 is 5.11 Å². The Hall–Kier alpha value is -4.34. The standard InChI is InChI=1S/C20H16N8O2/c1-12(25-28-11-18(29)23-20(28)30)15-6-7-17-19(22-15)27(26-24-17)10-13-4-5-16-14(9-13)3-2-8-21-16/h2-9,11,29H,10H2,1H3,(H,23,30). The maximum atomic E-state index is 11.7. The quantitative estimate of drug-likeness (QED) is 0.444. The number of aromatic hydroxyl groups is 1. The van der Waals surface area contributed by atoms with E-state index in [1.165, 1.54) is 6.20 Å². The van der Waals surface area contributed by atoms with E-state index in [2.05, 4.69) is 36.4 Å². The summed E-state index contributed by atoms with van der Waals surface area (Å²) in [4.78, 5) is 22.9. The van der Waals surface area contributed by atoms with Crippen LogP contribution in [0.15, 0.2) is 64.8 Å². The third-order valence-corrected chi connectivity index (χ3v) is 4.68. The molecule has 0 amide bonds. The normalized spacial score (nSPS) is 12.1. The smallest absolute Gasteiger partial charge is 0.349 e. The molecule has 0 saturated heterocycles. The molecule has 0 aliphatic heterocycles. The summed E-state index contributed by atoms with van der Waals surface area (Å²) in [6.45, 7) is 2.23. The van der Waals surface area contributed by atoms with Crippen molar-refractivity contribution in [2.24, 2.45) is 5.10 Å². The highest BCUT2D eigenvalue weighted by Crippen LogP contribution is 2.16. The largest absolute Gasteiger partial charge is 0.493 e. The average molecular weight is 400 g/mol. The van der Waals surface area contributed by atoms with E-state index in [1.54, 1.807) is 23.9 Å². The molecule has 0 unspecified atom stereocenters. The predicted molar refractivity (Wildman–Crippen MR) is 110 cm³/mol. The molecule has 10 nitrogen and oxygen atoms in total. The van der Waals surface area contributed by atoms with Crippen LogP contribution in [0.4, 0.5) is 0 Å². The van der Waals surface area contributed by atoms with E-state index in [0.717, 1.165) is 21.1 Å². The van der Waals surface area contributed by atoms with Crippen molar-refractivity contribution >= 4 is 27.8 Å². The molecule has 0 bridgehead atoms. The van der Waals surface area contributed by atoms with Gasteiger partial charge in [-0.2, -0.15) is 9.78 Å². The lowest BCUT2D eigenvalue weighted by atomic mass is 10.1. The number of benzene rings is 1. The van der Waals surface area contributed by atoms with Crippen molar-refractivity contribution in [3.05, 3.63) is 76.6 Å². The Kier molecular flexibility index (Phi) is 4.09. The highest BCUT2D eigenvalue weighted by atomic mass is 16.3. The Morgan fingerprint density at radius 1 is 1.20 bits per heavy atom. The fraction of sp³-hybridized carbons (Fsp3) is 0.100. The van der Waals surface area contributed by atoms with Gasteiger partial charge in [0.25, 0.3) is 0 Å². The Balaban J connectivity index is 1.51. The number of H-pyrrole nitrogens is 1. The fourth-order valence-corrected chi connectivity index (χ4v) is 3.22. The first-order chi connectivity index (χ1) is 14.6. The molecule has 4 aromatic heterocycles. The van der Waals surface area contributed by atoms with E-state index in [9.17, 15) is 9.90 Å². The third-order valence-electron chi connectivity index (χ3n) is 4.68. The van der Waals surface area contributed by atoms with E-state index in [-0.39, 0.29) is 5.88 Å². The van der Waals surface area contributed by atoms with Crippen molar-refractivity contribution < 1.29 is 5.11 Å². The van der Waals surface area contributed by atoms with Crippen LogP contribution < -0.4 is 5.69 Å². The van der Waals surface area contributed by atoms with E-state index in [1.807, 2.05) is 30.3 Å². The number of fused-ring (bicyclic) bond motifs is 2. The lowest BCUT2D eigenvalue weighted by Gasteiger charge is -2.05. The van der Waals surface area contributed by atoms with Gasteiger partial charge in [-0.05, 0) is 42.8 Å². The van der Waals surface area contributed by atoms with Crippen molar-refractivity contribution in [2.45, 2.75) is 13.5 Å². The highest BCUT2D eigenvalue weighted by molar-refractivity contribution is 5.98. The second-order valence-corrected chi connectivity index (χ2v) is 6.79. The summed E-state index contributed by atoms with van der Waals surface area (Å²) in [7, 11) is 0.